The number of nitrogens with zero attached hydrogens (tertiary/aromatic N) is 1. The molecule has 6 nitrogen and oxygen atoms in total. The standard InChI is InChI=1S/C27H37NO5/c1-2-21(25(29)30)24-22(10-7-15-31-18-20-8-4-3-5-9-20)23-11-6-12-26(23)19-27(13-14-28(24)26)32-16-17-33-27/h3-5,8-9,22-23H,2,6-7,10-19H2,1H3,(H,29,30). The van der Waals surface area contributed by atoms with Crippen molar-refractivity contribution in [3.63, 3.8) is 0 Å². The van der Waals surface area contributed by atoms with Crippen molar-refractivity contribution in [2.45, 2.75) is 76.2 Å². The van der Waals surface area contributed by atoms with Gasteiger partial charge in [0.05, 0.1) is 25.4 Å². The fraction of sp³-hybridized carbons (Fsp3) is 0.667. The Morgan fingerprint density at radius 2 is 2.00 bits per heavy atom. The summed E-state index contributed by atoms with van der Waals surface area (Å²) in [5, 5.41) is 10.1. The number of carboxylic acid groups (broad SMARTS) is 1. The quantitative estimate of drug-likeness (QED) is 0.451. The van der Waals surface area contributed by atoms with Gasteiger partial charge in [-0.3, -0.25) is 0 Å². The van der Waals surface area contributed by atoms with E-state index in [1.807, 2.05) is 25.1 Å². The molecule has 180 valence electrons. The Bertz CT molecular complexity index is 878. The maximum atomic E-state index is 12.3. The molecule has 3 heterocycles. The van der Waals surface area contributed by atoms with Crippen LogP contribution in [0.15, 0.2) is 41.6 Å². The molecule has 3 aliphatic heterocycles. The first-order chi connectivity index (χ1) is 16.1. The third-order valence-electron chi connectivity index (χ3n) is 8.42. The molecule has 6 heteroatoms. The molecular weight excluding hydrogens is 418 g/mol. The predicted molar refractivity (Wildman–Crippen MR) is 124 cm³/mol. The highest BCUT2D eigenvalue weighted by molar-refractivity contribution is 5.87. The number of carboxylic acids is 1. The average Bonchev–Trinajstić information content (AvgIpc) is 3.49. The molecule has 0 bridgehead atoms. The number of rotatable bonds is 8. The summed E-state index contributed by atoms with van der Waals surface area (Å²) in [4.78, 5) is 14.8. The fourth-order valence-corrected chi connectivity index (χ4v) is 7.20. The lowest BCUT2D eigenvalue weighted by Crippen LogP contribution is -2.57. The summed E-state index contributed by atoms with van der Waals surface area (Å²) in [7, 11) is 0. The lowest BCUT2D eigenvalue weighted by molar-refractivity contribution is -0.209. The average molecular weight is 456 g/mol. The highest BCUT2D eigenvalue weighted by Crippen LogP contribution is 2.62. The van der Waals surface area contributed by atoms with Crippen LogP contribution < -0.4 is 0 Å². The number of piperidine rings is 1. The van der Waals surface area contributed by atoms with E-state index in [9.17, 15) is 9.90 Å². The number of hydrogen-bond acceptors (Lipinski definition) is 5. The Balaban J connectivity index is 1.35. The van der Waals surface area contributed by atoms with Gasteiger partial charge in [-0.1, -0.05) is 43.7 Å². The monoisotopic (exact) mass is 455 g/mol. The molecule has 3 saturated heterocycles. The third-order valence-corrected chi connectivity index (χ3v) is 8.42. The van der Waals surface area contributed by atoms with E-state index >= 15 is 0 Å². The zero-order valence-electron chi connectivity index (χ0n) is 19.8. The van der Waals surface area contributed by atoms with E-state index in [2.05, 4.69) is 17.0 Å². The number of allylic oxidation sites excluding steroid dienone is 1. The maximum Gasteiger partial charge on any atom is 0.333 e. The smallest absolute Gasteiger partial charge is 0.333 e. The van der Waals surface area contributed by atoms with Crippen molar-refractivity contribution >= 4 is 5.97 Å². The Labute approximate surface area is 196 Å². The topological polar surface area (TPSA) is 68.2 Å². The van der Waals surface area contributed by atoms with Crippen molar-refractivity contribution in [2.24, 2.45) is 11.8 Å². The molecule has 0 aromatic heterocycles. The molecule has 1 aromatic carbocycles. The van der Waals surface area contributed by atoms with Crippen molar-refractivity contribution in [1.82, 2.24) is 4.90 Å². The van der Waals surface area contributed by atoms with Gasteiger partial charge in [0.15, 0.2) is 5.79 Å². The van der Waals surface area contributed by atoms with Crippen LogP contribution in [0, 0.1) is 11.8 Å². The van der Waals surface area contributed by atoms with Crippen LogP contribution in [0.4, 0.5) is 0 Å². The van der Waals surface area contributed by atoms with Crippen LogP contribution in [0.5, 0.6) is 0 Å². The van der Waals surface area contributed by atoms with Gasteiger partial charge in [0.25, 0.3) is 0 Å². The van der Waals surface area contributed by atoms with Crippen LogP contribution >= 0.6 is 0 Å². The summed E-state index contributed by atoms with van der Waals surface area (Å²) < 4.78 is 18.3. The van der Waals surface area contributed by atoms with Crippen molar-refractivity contribution < 1.29 is 24.1 Å². The molecule has 4 fully saturated rings. The molecule has 0 radical (unpaired) electrons. The predicted octanol–water partition coefficient (Wildman–Crippen LogP) is 4.74. The van der Waals surface area contributed by atoms with Crippen LogP contribution in [0.1, 0.15) is 63.9 Å². The summed E-state index contributed by atoms with van der Waals surface area (Å²) in [6.45, 7) is 5.46. The van der Waals surface area contributed by atoms with Crippen LogP contribution in [-0.2, 0) is 25.6 Å². The number of aliphatic carboxylic acids is 1. The minimum atomic E-state index is -0.762. The summed E-state index contributed by atoms with van der Waals surface area (Å²) >= 11 is 0. The van der Waals surface area contributed by atoms with Crippen LogP contribution in [0.25, 0.3) is 0 Å². The third kappa shape index (κ3) is 4.11. The first-order valence-corrected chi connectivity index (χ1v) is 12.7. The second-order valence-corrected chi connectivity index (χ2v) is 10.1. The molecule has 1 aliphatic carbocycles. The number of hydrogen-bond donors (Lipinski definition) is 1. The van der Waals surface area contributed by atoms with E-state index in [-0.39, 0.29) is 11.5 Å². The number of benzene rings is 1. The zero-order chi connectivity index (χ0) is 22.9. The van der Waals surface area contributed by atoms with Gasteiger partial charge in [0.1, 0.15) is 0 Å². The van der Waals surface area contributed by atoms with Crippen molar-refractivity contribution in [3.8, 4) is 0 Å². The second-order valence-electron chi connectivity index (χ2n) is 10.1. The van der Waals surface area contributed by atoms with E-state index < -0.39 is 11.8 Å². The summed E-state index contributed by atoms with van der Waals surface area (Å²) in [6, 6.07) is 10.3. The molecular formula is C27H37NO5. The van der Waals surface area contributed by atoms with Crippen molar-refractivity contribution in [1.29, 1.82) is 0 Å². The second kappa shape index (κ2) is 9.40. The molecule has 1 aromatic rings. The number of ether oxygens (including phenoxy) is 3. The van der Waals surface area contributed by atoms with Crippen molar-refractivity contribution in [2.75, 3.05) is 26.4 Å². The highest BCUT2D eigenvalue weighted by Gasteiger charge is 2.64. The van der Waals surface area contributed by atoms with E-state index in [4.69, 9.17) is 14.2 Å². The van der Waals surface area contributed by atoms with Gasteiger partial charge in [0, 0.05) is 43.1 Å². The molecule has 3 unspecified atom stereocenters. The van der Waals surface area contributed by atoms with E-state index in [0.717, 1.165) is 50.8 Å². The lowest BCUT2D eigenvalue weighted by Gasteiger charge is -2.50. The van der Waals surface area contributed by atoms with Crippen LogP contribution in [0.3, 0.4) is 0 Å². The summed E-state index contributed by atoms with van der Waals surface area (Å²) in [5.74, 6) is -0.488. The SMILES string of the molecule is CCC(C(=O)O)=C1C(CCCOCc2ccccc2)C2CCCC23CC2(CCN13)OCCO2. The van der Waals surface area contributed by atoms with Gasteiger partial charge in [-0.25, -0.2) is 4.79 Å². The lowest BCUT2D eigenvalue weighted by atomic mass is 9.74. The van der Waals surface area contributed by atoms with Crippen LogP contribution in [-0.4, -0.2) is 53.7 Å². The molecule has 33 heavy (non-hydrogen) atoms. The Hall–Kier alpha value is -1.89. The zero-order valence-corrected chi connectivity index (χ0v) is 19.8. The van der Waals surface area contributed by atoms with E-state index in [0.29, 0.717) is 44.3 Å². The molecule has 3 atom stereocenters. The molecule has 2 spiro atoms. The molecule has 1 N–H and O–H groups in total. The summed E-state index contributed by atoms with van der Waals surface area (Å²) in [5.41, 5.74) is 2.87. The fourth-order valence-electron chi connectivity index (χ4n) is 7.20. The Morgan fingerprint density at radius 3 is 2.73 bits per heavy atom. The van der Waals surface area contributed by atoms with Gasteiger partial charge in [0.2, 0.25) is 0 Å². The molecule has 0 amide bonds. The molecule has 4 aliphatic rings. The molecule has 5 rings (SSSR count). The van der Waals surface area contributed by atoms with Gasteiger partial charge >= 0.3 is 5.97 Å². The highest BCUT2D eigenvalue weighted by atomic mass is 16.7. The van der Waals surface area contributed by atoms with E-state index in [1.54, 1.807) is 0 Å². The summed E-state index contributed by atoms with van der Waals surface area (Å²) in [6.07, 6.45) is 7.60. The van der Waals surface area contributed by atoms with Gasteiger partial charge in [-0.15, -0.1) is 0 Å². The maximum absolute atomic E-state index is 12.3. The normalized spacial score (nSPS) is 31.6. The largest absolute Gasteiger partial charge is 0.478 e. The minimum absolute atomic E-state index is 0.0244. The Morgan fingerprint density at radius 1 is 1.21 bits per heavy atom. The minimum Gasteiger partial charge on any atom is -0.478 e. The Kier molecular flexibility index (Phi) is 6.51. The van der Waals surface area contributed by atoms with Crippen LogP contribution in [0.2, 0.25) is 0 Å². The van der Waals surface area contributed by atoms with Gasteiger partial charge in [-0.05, 0) is 43.6 Å². The first kappa shape index (κ1) is 22.9. The van der Waals surface area contributed by atoms with Gasteiger partial charge < -0.3 is 24.2 Å². The van der Waals surface area contributed by atoms with E-state index in [1.165, 1.54) is 12.0 Å². The van der Waals surface area contributed by atoms with Gasteiger partial charge in [-0.2, -0.15) is 0 Å². The van der Waals surface area contributed by atoms with Crippen molar-refractivity contribution in [3.05, 3.63) is 47.2 Å². The number of carbonyl (C=O) groups is 1. The molecule has 1 saturated carbocycles. The first-order valence-electron chi connectivity index (χ1n) is 12.7.